The molecular weight excluding hydrogens is 224 g/mol. The third-order valence-electron chi connectivity index (χ3n) is 3.38. The molecule has 3 nitrogen and oxygen atoms in total. The van der Waals surface area contributed by atoms with Gasteiger partial charge in [0.05, 0.1) is 12.1 Å². The van der Waals surface area contributed by atoms with Crippen LogP contribution in [0, 0.1) is 13.8 Å². The predicted octanol–water partition coefficient (Wildman–Crippen LogP) is 1.66. The number of nitrogens with one attached hydrogen (secondary N) is 1. The van der Waals surface area contributed by atoms with Gasteiger partial charge in [0.2, 0.25) is 0 Å². The third-order valence-corrected chi connectivity index (χ3v) is 3.38. The summed E-state index contributed by atoms with van der Waals surface area (Å²) in [5.74, 6) is 0. The predicted molar refractivity (Wildman–Crippen MR) is 76.9 cm³/mol. The second-order valence-electron chi connectivity index (χ2n) is 5.54. The Morgan fingerprint density at radius 3 is 2.50 bits per heavy atom. The van der Waals surface area contributed by atoms with Gasteiger partial charge in [-0.15, -0.1) is 0 Å². The molecule has 0 aliphatic carbocycles. The molecule has 18 heavy (non-hydrogen) atoms. The summed E-state index contributed by atoms with van der Waals surface area (Å²) < 4.78 is 0. The highest BCUT2D eigenvalue weighted by molar-refractivity contribution is 5.36. The van der Waals surface area contributed by atoms with E-state index in [9.17, 15) is 5.11 Å². The summed E-state index contributed by atoms with van der Waals surface area (Å²) in [6, 6.07) is 6.39. The van der Waals surface area contributed by atoms with Crippen LogP contribution in [0.1, 0.15) is 23.6 Å². The molecule has 0 spiro atoms. The molecule has 0 saturated carbocycles. The minimum Gasteiger partial charge on any atom is -0.394 e. The van der Waals surface area contributed by atoms with Crippen molar-refractivity contribution in [3.05, 3.63) is 34.9 Å². The van der Waals surface area contributed by atoms with Crippen LogP contribution in [0.5, 0.6) is 0 Å². The molecular formula is C15H26N2O. The van der Waals surface area contributed by atoms with Crippen LogP contribution in [-0.4, -0.2) is 43.8 Å². The molecule has 3 heteroatoms. The first kappa shape index (κ1) is 15.2. The van der Waals surface area contributed by atoms with Crippen molar-refractivity contribution in [2.24, 2.45) is 0 Å². The van der Waals surface area contributed by atoms with Gasteiger partial charge in [-0.2, -0.15) is 0 Å². The fourth-order valence-electron chi connectivity index (χ4n) is 2.12. The van der Waals surface area contributed by atoms with E-state index in [1.165, 1.54) is 16.7 Å². The van der Waals surface area contributed by atoms with Crippen molar-refractivity contribution in [2.45, 2.75) is 26.3 Å². The molecule has 1 aromatic carbocycles. The van der Waals surface area contributed by atoms with Crippen molar-refractivity contribution in [2.75, 3.05) is 33.8 Å². The molecule has 0 fully saturated rings. The van der Waals surface area contributed by atoms with Crippen LogP contribution in [0.2, 0.25) is 0 Å². The van der Waals surface area contributed by atoms with Crippen LogP contribution >= 0.6 is 0 Å². The van der Waals surface area contributed by atoms with E-state index in [-0.39, 0.29) is 12.1 Å². The van der Waals surface area contributed by atoms with Crippen LogP contribution in [0.3, 0.4) is 0 Å². The summed E-state index contributed by atoms with van der Waals surface area (Å²) in [4.78, 5) is 2.13. The number of aryl methyl sites for hydroxylation is 2. The molecule has 0 amide bonds. The van der Waals surface area contributed by atoms with E-state index in [0.29, 0.717) is 0 Å². The van der Waals surface area contributed by atoms with Gasteiger partial charge in [-0.25, -0.2) is 0 Å². The topological polar surface area (TPSA) is 35.5 Å². The number of aliphatic hydroxyl groups is 1. The Hall–Kier alpha value is -0.900. The van der Waals surface area contributed by atoms with Crippen LogP contribution < -0.4 is 5.32 Å². The zero-order valence-corrected chi connectivity index (χ0v) is 12.2. The highest BCUT2D eigenvalue weighted by Crippen LogP contribution is 2.24. The Morgan fingerprint density at radius 1 is 1.28 bits per heavy atom. The maximum atomic E-state index is 9.74. The van der Waals surface area contributed by atoms with Gasteiger partial charge in [0, 0.05) is 13.1 Å². The normalized spacial score (nSPS) is 14.8. The van der Waals surface area contributed by atoms with Gasteiger partial charge >= 0.3 is 0 Å². The van der Waals surface area contributed by atoms with E-state index in [2.05, 4.69) is 63.3 Å². The van der Waals surface area contributed by atoms with Crippen molar-refractivity contribution < 1.29 is 5.11 Å². The number of nitrogens with zero attached hydrogens (tertiary/aromatic N) is 1. The Bertz CT molecular complexity index is 390. The van der Waals surface area contributed by atoms with Crippen molar-refractivity contribution in [3.63, 3.8) is 0 Å². The minimum atomic E-state index is -0.369. The Kier molecular flexibility index (Phi) is 5.32. The lowest BCUT2D eigenvalue weighted by Gasteiger charge is -2.32. The largest absolute Gasteiger partial charge is 0.394 e. The SMILES string of the molecule is Cc1ccc(C)c(C(C)(CO)NCCN(C)C)c1. The van der Waals surface area contributed by atoms with Crippen LogP contribution in [0.15, 0.2) is 18.2 Å². The van der Waals surface area contributed by atoms with E-state index in [1.54, 1.807) is 0 Å². The molecule has 102 valence electrons. The van der Waals surface area contributed by atoms with Crippen LogP contribution in [-0.2, 0) is 5.54 Å². The molecule has 1 rings (SSSR count). The summed E-state index contributed by atoms with van der Waals surface area (Å²) in [6.07, 6.45) is 0. The summed E-state index contributed by atoms with van der Waals surface area (Å²) in [7, 11) is 4.10. The lowest BCUT2D eigenvalue weighted by atomic mass is 9.88. The van der Waals surface area contributed by atoms with Crippen molar-refractivity contribution in [3.8, 4) is 0 Å². The van der Waals surface area contributed by atoms with Gasteiger partial charge < -0.3 is 15.3 Å². The Balaban J connectivity index is 2.88. The number of hydrogen-bond acceptors (Lipinski definition) is 3. The molecule has 0 bridgehead atoms. The first-order valence-electron chi connectivity index (χ1n) is 6.47. The van der Waals surface area contributed by atoms with Crippen molar-refractivity contribution in [1.82, 2.24) is 10.2 Å². The van der Waals surface area contributed by atoms with Crippen molar-refractivity contribution in [1.29, 1.82) is 0 Å². The molecule has 1 atom stereocenters. The number of hydrogen-bond donors (Lipinski definition) is 2. The lowest BCUT2D eigenvalue weighted by molar-refractivity contribution is 0.171. The monoisotopic (exact) mass is 250 g/mol. The maximum Gasteiger partial charge on any atom is 0.0652 e. The number of benzene rings is 1. The highest BCUT2D eigenvalue weighted by Gasteiger charge is 2.26. The molecule has 0 aliphatic heterocycles. The zero-order chi connectivity index (χ0) is 13.8. The first-order chi connectivity index (χ1) is 8.39. The Labute approximate surface area is 111 Å². The smallest absolute Gasteiger partial charge is 0.0652 e. The van der Waals surface area contributed by atoms with Gasteiger partial charge in [-0.05, 0) is 46.0 Å². The van der Waals surface area contributed by atoms with E-state index in [1.807, 2.05) is 0 Å². The summed E-state index contributed by atoms with van der Waals surface area (Å²) >= 11 is 0. The first-order valence-corrected chi connectivity index (χ1v) is 6.47. The number of likely N-dealkylation sites (N-methyl/N-ethyl adjacent to an activating group) is 1. The summed E-state index contributed by atoms with van der Waals surface area (Å²) in [5.41, 5.74) is 3.26. The Morgan fingerprint density at radius 2 is 1.94 bits per heavy atom. The van der Waals surface area contributed by atoms with Gasteiger partial charge in [-0.3, -0.25) is 0 Å². The quantitative estimate of drug-likeness (QED) is 0.806. The fourth-order valence-corrected chi connectivity index (χ4v) is 2.12. The van der Waals surface area contributed by atoms with Gasteiger partial charge in [-0.1, -0.05) is 23.8 Å². The van der Waals surface area contributed by atoms with Gasteiger partial charge in [0.25, 0.3) is 0 Å². The lowest BCUT2D eigenvalue weighted by Crippen LogP contribution is -2.46. The van der Waals surface area contributed by atoms with Gasteiger partial charge in [0.15, 0.2) is 0 Å². The molecule has 0 heterocycles. The highest BCUT2D eigenvalue weighted by atomic mass is 16.3. The summed E-state index contributed by atoms with van der Waals surface area (Å²) in [5, 5.41) is 13.2. The molecule has 1 unspecified atom stereocenters. The second-order valence-corrected chi connectivity index (χ2v) is 5.54. The number of rotatable bonds is 6. The zero-order valence-electron chi connectivity index (χ0n) is 12.2. The second kappa shape index (κ2) is 6.32. The molecule has 0 radical (unpaired) electrons. The molecule has 0 aromatic heterocycles. The standard InChI is InChI=1S/C15H26N2O/c1-12-6-7-13(2)14(10-12)15(3,11-18)16-8-9-17(4)5/h6-7,10,16,18H,8-9,11H2,1-5H3. The van der Waals surface area contributed by atoms with E-state index < -0.39 is 0 Å². The molecule has 1 aromatic rings. The van der Waals surface area contributed by atoms with Gasteiger partial charge in [0.1, 0.15) is 0 Å². The summed E-state index contributed by atoms with van der Waals surface area (Å²) in [6.45, 7) is 8.16. The van der Waals surface area contributed by atoms with Crippen LogP contribution in [0.4, 0.5) is 0 Å². The number of aliphatic hydroxyl groups excluding tert-OH is 1. The van der Waals surface area contributed by atoms with E-state index in [4.69, 9.17) is 0 Å². The average Bonchev–Trinajstić information content (AvgIpc) is 2.31. The fraction of sp³-hybridized carbons (Fsp3) is 0.600. The van der Waals surface area contributed by atoms with E-state index in [0.717, 1.165) is 13.1 Å². The van der Waals surface area contributed by atoms with Crippen LogP contribution in [0.25, 0.3) is 0 Å². The molecule has 0 aliphatic rings. The van der Waals surface area contributed by atoms with Crippen molar-refractivity contribution >= 4 is 0 Å². The molecule has 2 N–H and O–H groups in total. The minimum absolute atomic E-state index is 0.102. The average molecular weight is 250 g/mol. The van der Waals surface area contributed by atoms with E-state index >= 15 is 0 Å². The molecule has 0 saturated heterocycles. The maximum absolute atomic E-state index is 9.74. The third kappa shape index (κ3) is 3.80.